The van der Waals surface area contributed by atoms with Gasteiger partial charge in [0.25, 0.3) is 0 Å². The van der Waals surface area contributed by atoms with Crippen LogP contribution in [0.5, 0.6) is 0 Å². The van der Waals surface area contributed by atoms with E-state index in [0.717, 1.165) is 0 Å². The zero-order valence-electron chi connectivity index (χ0n) is 9.48. The average Bonchev–Trinajstić information content (AvgIpc) is 2.39. The largest absolute Gasteiger partial charge is 0.383 e. The fourth-order valence-electron chi connectivity index (χ4n) is 1.69. The fraction of sp³-hybridized carbons (Fsp3) is 0. The minimum atomic E-state index is -0.0241. The average molecular weight is 289 g/mol. The molecular formula is C13H6Cl2N4. The van der Waals surface area contributed by atoms with Crippen molar-refractivity contribution in [3.05, 3.63) is 45.6 Å². The van der Waals surface area contributed by atoms with Crippen molar-refractivity contribution in [2.45, 2.75) is 0 Å². The van der Waals surface area contributed by atoms with Crippen LogP contribution in [0.4, 0.5) is 5.82 Å². The maximum Gasteiger partial charge on any atom is 0.149 e. The minimum absolute atomic E-state index is 0.00329. The number of nitrogens with two attached hydrogens (primary N) is 1. The van der Waals surface area contributed by atoms with Gasteiger partial charge in [-0.05, 0) is 17.7 Å². The molecule has 2 N–H and O–H groups in total. The molecule has 0 bridgehead atoms. The van der Waals surface area contributed by atoms with Gasteiger partial charge in [0.2, 0.25) is 0 Å². The molecule has 0 fully saturated rings. The van der Waals surface area contributed by atoms with Crippen LogP contribution in [0.3, 0.4) is 0 Å². The van der Waals surface area contributed by atoms with Crippen LogP contribution in [0, 0.1) is 22.7 Å². The Morgan fingerprint density at radius 1 is 1.00 bits per heavy atom. The lowest BCUT2D eigenvalue weighted by molar-refractivity contribution is 1.29. The third-order valence-corrected chi connectivity index (χ3v) is 3.06. The van der Waals surface area contributed by atoms with Gasteiger partial charge in [-0.3, -0.25) is 0 Å². The summed E-state index contributed by atoms with van der Waals surface area (Å²) in [6, 6.07) is 10.6. The van der Waals surface area contributed by atoms with Gasteiger partial charge in [-0.25, -0.2) is 4.98 Å². The van der Waals surface area contributed by atoms with Crippen LogP contribution in [0.2, 0.25) is 10.2 Å². The SMILES string of the molecule is N#Cc1c(N)nc(Cl)c(C#N)c1-c1ccc(Cl)cc1. The Bertz CT molecular complexity index is 686. The summed E-state index contributed by atoms with van der Waals surface area (Å²) in [4.78, 5) is 3.79. The van der Waals surface area contributed by atoms with Crippen molar-refractivity contribution < 1.29 is 0 Å². The Balaban J connectivity index is 2.85. The number of nitrogens with zero attached hydrogens (tertiary/aromatic N) is 3. The Labute approximate surface area is 119 Å². The number of halogens is 2. The van der Waals surface area contributed by atoms with E-state index < -0.39 is 0 Å². The van der Waals surface area contributed by atoms with Crippen LogP contribution in [-0.2, 0) is 0 Å². The van der Waals surface area contributed by atoms with E-state index in [0.29, 0.717) is 16.1 Å². The Hall–Kier alpha value is -2.27. The highest BCUT2D eigenvalue weighted by Crippen LogP contribution is 2.34. The summed E-state index contributed by atoms with van der Waals surface area (Å²) < 4.78 is 0. The van der Waals surface area contributed by atoms with Gasteiger partial charge in [0.1, 0.15) is 28.7 Å². The number of anilines is 1. The third kappa shape index (κ3) is 2.32. The highest BCUT2D eigenvalue weighted by Gasteiger charge is 2.18. The molecular weight excluding hydrogens is 283 g/mol. The number of aromatic nitrogens is 1. The van der Waals surface area contributed by atoms with Crippen molar-refractivity contribution in [2.24, 2.45) is 0 Å². The van der Waals surface area contributed by atoms with Gasteiger partial charge in [0, 0.05) is 10.6 Å². The van der Waals surface area contributed by atoms with Gasteiger partial charge >= 0.3 is 0 Å². The Morgan fingerprint density at radius 2 is 1.58 bits per heavy atom. The molecule has 19 heavy (non-hydrogen) atoms. The molecule has 0 unspecified atom stereocenters. The molecule has 2 rings (SSSR count). The van der Waals surface area contributed by atoms with E-state index in [1.165, 1.54) is 0 Å². The molecule has 6 heteroatoms. The molecule has 2 aromatic rings. The second-order valence-corrected chi connectivity index (χ2v) is 4.44. The predicted octanol–water partition coefficient (Wildman–Crippen LogP) is 3.38. The Morgan fingerprint density at radius 3 is 2.11 bits per heavy atom. The number of hydrogen-bond acceptors (Lipinski definition) is 4. The summed E-state index contributed by atoms with van der Waals surface area (Å²) in [5.41, 5.74) is 6.93. The van der Waals surface area contributed by atoms with Gasteiger partial charge in [-0.1, -0.05) is 35.3 Å². The summed E-state index contributed by atoms with van der Waals surface area (Å²) in [6.07, 6.45) is 0. The third-order valence-electron chi connectivity index (χ3n) is 2.54. The van der Waals surface area contributed by atoms with Crippen LogP contribution >= 0.6 is 23.2 Å². The van der Waals surface area contributed by atoms with Crippen molar-refractivity contribution in [3.8, 4) is 23.3 Å². The molecule has 0 aliphatic carbocycles. The number of nitrogen functional groups attached to an aromatic ring is 1. The van der Waals surface area contributed by atoms with E-state index in [1.54, 1.807) is 24.3 Å². The van der Waals surface area contributed by atoms with Gasteiger partial charge in [-0.2, -0.15) is 10.5 Å². The number of hydrogen-bond donors (Lipinski definition) is 1. The Kier molecular flexibility index (Phi) is 3.57. The summed E-state index contributed by atoms with van der Waals surface area (Å²) in [5, 5.41) is 18.9. The topological polar surface area (TPSA) is 86.5 Å². The van der Waals surface area contributed by atoms with Crippen molar-refractivity contribution in [1.82, 2.24) is 4.98 Å². The highest BCUT2D eigenvalue weighted by atomic mass is 35.5. The van der Waals surface area contributed by atoms with E-state index in [2.05, 4.69) is 4.98 Å². The monoisotopic (exact) mass is 288 g/mol. The molecule has 0 aliphatic rings. The van der Waals surface area contributed by atoms with E-state index >= 15 is 0 Å². The predicted molar refractivity (Wildman–Crippen MR) is 73.5 cm³/mol. The highest BCUT2D eigenvalue weighted by molar-refractivity contribution is 6.31. The van der Waals surface area contributed by atoms with Crippen LogP contribution in [0.15, 0.2) is 24.3 Å². The lowest BCUT2D eigenvalue weighted by Gasteiger charge is -2.10. The molecule has 92 valence electrons. The molecule has 0 saturated heterocycles. The molecule has 1 heterocycles. The van der Waals surface area contributed by atoms with Gasteiger partial charge in [0.15, 0.2) is 0 Å². The summed E-state index contributed by atoms with van der Waals surface area (Å²) in [6.45, 7) is 0. The molecule has 0 spiro atoms. The van der Waals surface area contributed by atoms with Crippen LogP contribution in [-0.4, -0.2) is 4.98 Å². The lowest BCUT2D eigenvalue weighted by atomic mass is 9.97. The van der Waals surface area contributed by atoms with E-state index in [4.69, 9.17) is 28.9 Å². The molecule has 1 aromatic carbocycles. The maximum atomic E-state index is 9.18. The molecule has 4 nitrogen and oxygen atoms in total. The number of benzene rings is 1. The zero-order chi connectivity index (χ0) is 14.0. The summed E-state index contributed by atoms with van der Waals surface area (Å²) in [5.74, 6) is -0.00329. The van der Waals surface area contributed by atoms with Gasteiger partial charge in [-0.15, -0.1) is 0 Å². The van der Waals surface area contributed by atoms with Crippen LogP contribution < -0.4 is 5.73 Å². The summed E-state index contributed by atoms with van der Waals surface area (Å²) >= 11 is 11.7. The van der Waals surface area contributed by atoms with E-state index in [-0.39, 0.29) is 22.1 Å². The van der Waals surface area contributed by atoms with E-state index in [9.17, 15) is 10.5 Å². The molecule has 0 radical (unpaired) electrons. The van der Waals surface area contributed by atoms with E-state index in [1.807, 2.05) is 12.1 Å². The lowest BCUT2D eigenvalue weighted by Crippen LogP contribution is -2.01. The first-order chi connectivity index (χ1) is 9.08. The van der Waals surface area contributed by atoms with Crippen molar-refractivity contribution in [1.29, 1.82) is 10.5 Å². The molecule has 0 amide bonds. The molecule has 0 aliphatic heterocycles. The molecule has 0 atom stereocenters. The van der Waals surface area contributed by atoms with Crippen LogP contribution in [0.1, 0.15) is 11.1 Å². The first-order valence-corrected chi connectivity index (χ1v) is 5.89. The smallest absolute Gasteiger partial charge is 0.149 e. The number of nitriles is 2. The maximum absolute atomic E-state index is 9.18. The van der Waals surface area contributed by atoms with Crippen molar-refractivity contribution in [3.63, 3.8) is 0 Å². The standard InChI is InChI=1S/C13H6Cl2N4/c14-8-3-1-7(2-4-8)11-9(5-16)12(15)19-13(18)10(11)6-17/h1-4H,(H2,18,19). The van der Waals surface area contributed by atoms with Crippen molar-refractivity contribution >= 4 is 29.0 Å². The zero-order valence-corrected chi connectivity index (χ0v) is 11.0. The second-order valence-electron chi connectivity index (χ2n) is 3.64. The van der Waals surface area contributed by atoms with Crippen molar-refractivity contribution in [2.75, 3.05) is 5.73 Å². The van der Waals surface area contributed by atoms with Gasteiger partial charge in [0.05, 0.1) is 5.56 Å². The quantitative estimate of drug-likeness (QED) is 0.815. The first-order valence-electron chi connectivity index (χ1n) is 5.13. The molecule has 1 aromatic heterocycles. The van der Waals surface area contributed by atoms with Gasteiger partial charge < -0.3 is 5.73 Å². The van der Waals surface area contributed by atoms with Crippen LogP contribution in [0.25, 0.3) is 11.1 Å². The number of rotatable bonds is 1. The fourth-order valence-corrected chi connectivity index (χ4v) is 2.05. The number of pyridine rings is 1. The minimum Gasteiger partial charge on any atom is -0.383 e. The molecule has 0 saturated carbocycles. The first kappa shape index (κ1) is 13.2. The summed E-state index contributed by atoms with van der Waals surface area (Å²) in [7, 11) is 0. The normalized spacial score (nSPS) is 9.68. The second kappa shape index (κ2) is 5.16.